The van der Waals surface area contributed by atoms with E-state index in [2.05, 4.69) is 21.1 Å². The van der Waals surface area contributed by atoms with Gasteiger partial charge < -0.3 is 4.84 Å². The minimum atomic E-state index is -0.553. The predicted octanol–water partition coefficient (Wildman–Crippen LogP) is 4.71. The van der Waals surface area contributed by atoms with Crippen LogP contribution in [0.25, 0.3) is 0 Å². The first kappa shape index (κ1) is 20.5. The molecule has 1 aliphatic heterocycles. The standard InChI is InChI=1S/C23H21BrN2O4/c1-14(25-30-23(29)16-5-4-6-17(24)13-16)15-9-11-18(12-10-15)26-21(27)19-7-2-3-8-20(19)22(26)28/h4-6,9-13,19-20H,2-3,7-8H2,1H3/b25-14-/t19-,20-/m1/s1. The summed E-state index contributed by atoms with van der Waals surface area (Å²) in [6, 6.07) is 13.9. The second-order valence-corrected chi connectivity index (χ2v) is 8.54. The molecule has 7 heteroatoms. The monoisotopic (exact) mass is 468 g/mol. The van der Waals surface area contributed by atoms with Crippen molar-refractivity contribution in [3.05, 3.63) is 64.1 Å². The van der Waals surface area contributed by atoms with Crippen molar-refractivity contribution < 1.29 is 19.2 Å². The van der Waals surface area contributed by atoms with Crippen molar-refractivity contribution >= 4 is 45.1 Å². The van der Waals surface area contributed by atoms with E-state index in [0.717, 1.165) is 35.7 Å². The number of anilines is 1. The Morgan fingerprint density at radius 2 is 1.63 bits per heavy atom. The molecule has 4 rings (SSSR count). The quantitative estimate of drug-likeness (QED) is 0.281. The zero-order chi connectivity index (χ0) is 21.3. The number of nitrogens with zero attached hydrogens (tertiary/aromatic N) is 2. The van der Waals surface area contributed by atoms with E-state index in [1.165, 1.54) is 4.90 Å². The zero-order valence-electron chi connectivity index (χ0n) is 16.5. The molecule has 154 valence electrons. The molecule has 6 nitrogen and oxygen atoms in total. The molecule has 2 aromatic rings. The van der Waals surface area contributed by atoms with Gasteiger partial charge in [-0.2, -0.15) is 0 Å². The van der Waals surface area contributed by atoms with E-state index in [1.54, 1.807) is 49.4 Å². The lowest BCUT2D eigenvalue weighted by Crippen LogP contribution is -2.30. The van der Waals surface area contributed by atoms with Gasteiger partial charge in [0.15, 0.2) is 0 Å². The number of benzene rings is 2. The Morgan fingerprint density at radius 1 is 1.00 bits per heavy atom. The van der Waals surface area contributed by atoms with Crippen molar-refractivity contribution in [3.63, 3.8) is 0 Å². The van der Waals surface area contributed by atoms with Gasteiger partial charge in [0.2, 0.25) is 11.8 Å². The van der Waals surface area contributed by atoms with Crippen LogP contribution in [0.2, 0.25) is 0 Å². The number of hydrogen-bond donors (Lipinski definition) is 0. The van der Waals surface area contributed by atoms with E-state index >= 15 is 0 Å². The Morgan fingerprint density at radius 3 is 2.23 bits per heavy atom. The van der Waals surface area contributed by atoms with Crippen LogP contribution < -0.4 is 4.90 Å². The second-order valence-electron chi connectivity index (χ2n) is 7.62. The molecule has 2 aromatic carbocycles. The van der Waals surface area contributed by atoms with E-state index in [9.17, 15) is 14.4 Å². The van der Waals surface area contributed by atoms with Crippen molar-refractivity contribution in [2.45, 2.75) is 32.6 Å². The van der Waals surface area contributed by atoms with Crippen molar-refractivity contribution in [1.82, 2.24) is 0 Å². The van der Waals surface area contributed by atoms with Crippen LogP contribution in [-0.2, 0) is 14.4 Å². The van der Waals surface area contributed by atoms with Crippen LogP contribution >= 0.6 is 15.9 Å². The van der Waals surface area contributed by atoms with Crippen molar-refractivity contribution in [2.75, 3.05) is 4.90 Å². The fraction of sp³-hybridized carbons (Fsp3) is 0.304. The predicted molar refractivity (Wildman–Crippen MR) is 116 cm³/mol. The number of rotatable bonds is 4. The summed E-state index contributed by atoms with van der Waals surface area (Å²) >= 11 is 3.31. The molecule has 2 aliphatic rings. The Labute approximate surface area is 183 Å². The first-order chi connectivity index (χ1) is 14.5. The Kier molecular flexibility index (Phi) is 5.81. The van der Waals surface area contributed by atoms with Crippen LogP contribution in [0.5, 0.6) is 0 Å². The molecule has 2 amide bonds. The van der Waals surface area contributed by atoms with Gasteiger partial charge in [-0.1, -0.05) is 52.1 Å². The lowest BCUT2D eigenvalue weighted by atomic mass is 9.81. The molecule has 0 unspecified atom stereocenters. The highest BCUT2D eigenvalue weighted by Crippen LogP contribution is 2.40. The van der Waals surface area contributed by atoms with Crippen molar-refractivity contribution in [2.24, 2.45) is 17.0 Å². The minimum Gasteiger partial charge on any atom is -0.313 e. The van der Waals surface area contributed by atoms with E-state index in [-0.39, 0.29) is 23.7 Å². The minimum absolute atomic E-state index is 0.0919. The first-order valence-corrected chi connectivity index (χ1v) is 10.7. The van der Waals surface area contributed by atoms with Crippen molar-refractivity contribution in [3.8, 4) is 0 Å². The number of carbonyl (C=O) groups excluding carboxylic acids is 3. The molecule has 30 heavy (non-hydrogen) atoms. The summed E-state index contributed by atoms with van der Waals surface area (Å²) < 4.78 is 0.777. The van der Waals surface area contributed by atoms with Crippen LogP contribution in [-0.4, -0.2) is 23.5 Å². The highest BCUT2D eigenvalue weighted by atomic mass is 79.9. The maximum atomic E-state index is 12.7. The second kappa shape index (κ2) is 8.52. The van der Waals surface area contributed by atoms with Crippen LogP contribution in [0.15, 0.2) is 58.2 Å². The summed E-state index contributed by atoms with van der Waals surface area (Å²) in [4.78, 5) is 43.9. The number of amides is 2. The lowest BCUT2D eigenvalue weighted by molar-refractivity contribution is -0.122. The smallest absolute Gasteiger partial charge is 0.313 e. The fourth-order valence-electron chi connectivity index (χ4n) is 4.10. The average molecular weight is 469 g/mol. The van der Waals surface area contributed by atoms with Gasteiger partial charge in [0.1, 0.15) is 0 Å². The molecule has 1 aliphatic carbocycles. The number of halogens is 1. The fourth-order valence-corrected chi connectivity index (χ4v) is 4.50. The highest BCUT2D eigenvalue weighted by Gasteiger charge is 2.48. The first-order valence-electron chi connectivity index (χ1n) is 9.95. The van der Waals surface area contributed by atoms with Gasteiger partial charge >= 0.3 is 5.97 Å². The molecule has 1 saturated heterocycles. The van der Waals surface area contributed by atoms with Crippen LogP contribution in [0.4, 0.5) is 5.69 Å². The van der Waals surface area contributed by atoms with E-state index in [0.29, 0.717) is 17.0 Å². The number of imide groups is 1. The molecule has 1 saturated carbocycles. The van der Waals surface area contributed by atoms with Gasteiger partial charge in [-0.25, -0.2) is 4.79 Å². The van der Waals surface area contributed by atoms with Gasteiger partial charge in [-0.3, -0.25) is 14.5 Å². The third-order valence-electron chi connectivity index (χ3n) is 5.71. The van der Waals surface area contributed by atoms with Crippen LogP contribution in [0, 0.1) is 11.8 Å². The normalized spacial score (nSPS) is 21.5. The van der Waals surface area contributed by atoms with Gasteiger partial charge in [0.25, 0.3) is 0 Å². The summed E-state index contributed by atoms with van der Waals surface area (Å²) in [5, 5.41) is 3.92. The Bertz CT molecular complexity index is 1010. The number of fused-ring (bicyclic) bond motifs is 1. The maximum Gasteiger partial charge on any atom is 0.365 e. The molecular formula is C23H21BrN2O4. The van der Waals surface area contributed by atoms with E-state index < -0.39 is 5.97 Å². The lowest BCUT2D eigenvalue weighted by Gasteiger charge is -2.19. The zero-order valence-corrected chi connectivity index (χ0v) is 18.1. The van der Waals surface area contributed by atoms with Crippen LogP contribution in [0.3, 0.4) is 0 Å². The van der Waals surface area contributed by atoms with Gasteiger partial charge in [-0.15, -0.1) is 0 Å². The SMILES string of the molecule is C/C(=N/OC(=O)c1cccc(Br)c1)c1ccc(N2C(=O)[C@@H]3CCCC[C@H]3C2=O)cc1. The molecule has 0 spiro atoms. The van der Waals surface area contributed by atoms with Crippen molar-refractivity contribution in [1.29, 1.82) is 0 Å². The van der Waals surface area contributed by atoms with E-state index in [4.69, 9.17) is 4.84 Å². The number of carbonyl (C=O) groups is 3. The molecule has 1 heterocycles. The Hall–Kier alpha value is -2.80. The molecule has 0 aromatic heterocycles. The molecule has 0 N–H and O–H groups in total. The third kappa shape index (κ3) is 3.94. The van der Waals surface area contributed by atoms with E-state index in [1.807, 2.05) is 6.07 Å². The third-order valence-corrected chi connectivity index (χ3v) is 6.20. The summed E-state index contributed by atoms with van der Waals surface area (Å²) in [7, 11) is 0. The van der Waals surface area contributed by atoms with Gasteiger partial charge in [0.05, 0.1) is 28.8 Å². The maximum absolute atomic E-state index is 12.7. The summed E-state index contributed by atoms with van der Waals surface area (Å²) in [5.41, 5.74) is 2.21. The van der Waals surface area contributed by atoms with Gasteiger partial charge in [-0.05, 0) is 55.7 Å². The molecular weight excluding hydrogens is 448 g/mol. The topological polar surface area (TPSA) is 76.0 Å². The molecule has 2 fully saturated rings. The molecule has 0 bridgehead atoms. The summed E-state index contributed by atoms with van der Waals surface area (Å²) in [6.45, 7) is 1.73. The number of oxime groups is 1. The average Bonchev–Trinajstić information content (AvgIpc) is 3.02. The van der Waals surface area contributed by atoms with Gasteiger partial charge in [0, 0.05) is 4.47 Å². The molecule has 0 radical (unpaired) electrons. The number of hydrogen-bond acceptors (Lipinski definition) is 5. The molecule has 2 atom stereocenters. The summed E-state index contributed by atoms with van der Waals surface area (Å²) in [6.07, 6.45) is 3.58. The highest BCUT2D eigenvalue weighted by molar-refractivity contribution is 9.10. The summed E-state index contributed by atoms with van der Waals surface area (Å²) in [5.74, 6) is -1.09. The van der Waals surface area contributed by atoms with Crippen LogP contribution in [0.1, 0.15) is 48.5 Å². The largest absolute Gasteiger partial charge is 0.365 e. The Balaban J connectivity index is 1.46.